The number of hydrogen-bond acceptors (Lipinski definition) is 4. The van der Waals surface area contributed by atoms with Crippen molar-refractivity contribution < 1.29 is 9.59 Å². The monoisotopic (exact) mass is 384 g/mol. The summed E-state index contributed by atoms with van der Waals surface area (Å²) in [6, 6.07) is 6.54. The number of rotatable bonds is 2. The molecule has 2 aromatic rings. The molecule has 2 amide bonds. The summed E-state index contributed by atoms with van der Waals surface area (Å²) in [5.74, 6) is 0.144. The number of hydrogen-bond donors (Lipinski definition) is 1. The van der Waals surface area contributed by atoms with Gasteiger partial charge in [-0.05, 0) is 63.9 Å². The number of imide groups is 1. The molecule has 0 saturated carbocycles. The van der Waals surface area contributed by atoms with Gasteiger partial charge in [0.1, 0.15) is 0 Å². The zero-order valence-corrected chi connectivity index (χ0v) is 17.7. The number of nitrogens with zero attached hydrogens (tertiary/aromatic N) is 3. The highest BCUT2D eigenvalue weighted by Gasteiger charge is 2.43. The normalized spacial score (nSPS) is 24.0. The number of carbonyl (C=O) groups is 2. The number of fused-ring (bicyclic) bond motifs is 1. The topological polar surface area (TPSA) is 67.2 Å². The summed E-state index contributed by atoms with van der Waals surface area (Å²) >= 11 is 0. The predicted molar refractivity (Wildman–Crippen MR) is 111 cm³/mol. The Labute approximate surface area is 167 Å². The lowest BCUT2D eigenvalue weighted by molar-refractivity contribution is -0.137. The fraction of sp³-hybridized carbons (Fsp3) is 0.591. The molecular weight excluding hydrogens is 352 g/mol. The molecule has 2 saturated heterocycles. The maximum atomic E-state index is 12.5. The van der Waals surface area contributed by atoms with Crippen molar-refractivity contribution in [1.29, 1.82) is 0 Å². The lowest BCUT2D eigenvalue weighted by Gasteiger charge is -2.30. The highest BCUT2D eigenvalue weighted by molar-refractivity contribution is 6.04. The first-order valence-electron chi connectivity index (χ1n) is 10.4. The van der Waals surface area contributed by atoms with Crippen LogP contribution in [-0.4, -0.2) is 46.6 Å². The summed E-state index contributed by atoms with van der Waals surface area (Å²) in [5, 5.41) is 8.18. The van der Waals surface area contributed by atoms with E-state index < -0.39 is 5.41 Å². The zero-order chi connectivity index (χ0) is 20.5. The van der Waals surface area contributed by atoms with Crippen molar-refractivity contribution in [3.05, 3.63) is 29.5 Å². The number of aryl methyl sites for hydroxylation is 1. The summed E-state index contributed by atoms with van der Waals surface area (Å²) in [6.07, 6.45) is 3.21. The molecule has 152 valence electrons. The maximum absolute atomic E-state index is 12.5. The van der Waals surface area contributed by atoms with Crippen LogP contribution in [0.2, 0.25) is 0 Å². The lowest BCUT2D eigenvalue weighted by Crippen LogP contribution is -2.50. The van der Waals surface area contributed by atoms with E-state index in [2.05, 4.69) is 35.5 Å². The van der Waals surface area contributed by atoms with Crippen LogP contribution in [-0.2, 0) is 22.1 Å². The molecule has 2 aliphatic rings. The molecular formula is C22H32N4O2. The first-order chi connectivity index (χ1) is 13.4. The number of aromatic nitrogens is 2. The van der Waals surface area contributed by atoms with Crippen molar-refractivity contribution in [2.45, 2.75) is 57.8 Å². The summed E-state index contributed by atoms with van der Waals surface area (Å²) in [7, 11) is 4.10. The second-order valence-corrected chi connectivity index (χ2v) is 8.04. The first-order valence-corrected chi connectivity index (χ1v) is 10.4. The van der Waals surface area contributed by atoms with E-state index in [0.29, 0.717) is 18.8 Å². The van der Waals surface area contributed by atoms with Crippen LogP contribution in [0.5, 0.6) is 0 Å². The molecule has 2 aliphatic heterocycles. The fourth-order valence-corrected chi connectivity index (χ4v) is 4.31. The van der Waals surface area contributed by atoms with Crippen LogP contribution >= 0.6 is 0 Å². The van der Waals surface area contributed by atoms with Gasteiger partial charge < -0.3 is 4.90 Å². The minimum Gasteiger partial charge on any atom is -0.306 e. The van der Waals surface area contributed by atoms with E-state index in [4.69, 9.17) is 5.10 Å². The molecule has 1 aromatic carbocycles. The Hall–Kier alpha value is -2.21. The Morgan fingerprint density at radius 2 is 1.82 bits per heavy atom. The third-order valence-corrected chi connectivity index (χ3v) is 6.19. The van der Waals surface area contributed by atoms with E-state index in [-0.39, 0.29) is 11.8 Å². The van der Waals surface area contributed by atoms with Crippen molar-refractivity contribution in [3.8, 4) is 0 Å². The van der Waals surface area contributed by atoms with Gasteiger partial charge in [-0.15, -0.1) is 0 Å². The van der Waals surface area contributed by atoms with Crippen molar-refractivity contribution in [2.75, 3.05) is 20.1 Å². The lowest BCUT2D eigenvalue weighted by atomic mass is 9.77. The fourth-order valence-electron chi connectivity index (χ4n) is 4.31. The second-order valence-electron chi connectivity index (χ2n) is 8.04. The quantitative estimate of drug-likeness (QED) is 0.808. The molecule has 2 fully saturated rings. The van der Waals surface area contributed by atoms with Gasteiger partial charge in [0.25, 0.3) is 0 Å². The summed E-state index contributed by atoms with van der Waals surface area (Å²) in [5.41, 5.74) is 2.42. The molecule has 1 unspecified atom stereocenters. The van der Waals surface area contributed by atoms with E-state index in [9.17, 15) is 9.59 Å². The van der Waals surface area contributed by atoms with Crippen molar-refractivity contribution in [1.82, 2.24) is 20.0 Å². The predicted octanol–water partition coefficient (Wildman–Crippen LogP) is 3.10. The number of nitrogens with one attached hydrogen (secondary N) is 1. The molecule has 1 aromatic heterocycles. The van der Waals surface area contributed by atoms with Crippen LogP contribution in [0.3, 0.4) is 0 Å². The van der Waals surface area contributed by atoms with E-state index >= 15 is 0 Å². The van der Waals surface area contributed by atoms with Crippen LogP contribution in [0.15, 0.2) is 18.2 Å². The van der Waals surface area contributed by atoms with Gasteiger partial charge in [0, 0.05) is 18.9 Å². The Balaban J connectivity index is 0.00000109. The molecule has 1 atom stereocenters. The van der Waals surface area contributed by atoms with E-state index in [1.807, 2.05) is 32.5 Å². The van der Waals surface area contributed by atoms with E-state index in [1.165, 1.54) is 18.4 Å². The summed E-state index contributed by atoms with van der Waals surface area (Å²) in [6.45, 7) is 8.15. The summed E-state index contributed by atoms with van der Waals surface area (Å²) < 4.78 is 1.87. The molecule has 0 bridgehead atoms. The van der Waals surface area contributed by atoms with Crippen LogP contribution in [0, 0.1) is 0 Å². The Kier molecular flexibility index (Phi) is 5.89. The molecule has 0 aliphatic carbocycles. The zero-order valence-electron chi connectivity index (χ0n) is 17.7. The minimum absolute atomic E-state index is 0.197. The van der Waals surface area contributed by atoms with Crippen molar-refractivity contribution >= 4 is 22.7 Å². The highest BCUT2D eigenvalue weighted by Crippen LogP contribution is 2.37. The van der Waals surface area contributed by atoms with Crippen molar-refractivity contribution in [2.24, 2.45) is 7.05 Å². The van der Waals surface area contributed by atoms with E-state index in [1.54, 1.807) is 0 Å². The average Bonchev–Trinajstić information content (AvgIpc) is 3.04. The SMILES string of the molecule is CC.CN1CCC(c2ccc3c(C4(C)CCC(=O)NC4=O)nn(C)c3c2)CC1. The number of benzene rings is 1. The van der Waals surface area contributed by atoms with Gasteiger partial charge in [-0.25, -0.2) is 0 Å². The number of carbonyl (C=O) groups excluding carboxylic acids is 2. The number of amides is 2. The standard InChI is InChI=1S/C20H26N4O2.C2H6/c1-20(9-6-17(25)21-19(20)26)18-15-5-4-14(12-16(15)24(3)22-18)13-7-10-23(2)11-8-13;1-2/h4-5,12-13H,6-11H2,1-3H3,(H,21,25,26);1-2H3. The highest BCUT2D eigenvalue weighted by atomic mass is 16.2. The first kappa shape index (κ1) is 20.5. The van der Waals surface area contributed by atoms with Gasteiger partial charge in [-0.2, -0.15) is 5.10 Å². The van der Waals surface area contributed by atoms with Crippen molar-refractivity contribution in [3.63, 3.8) is 0 Å². The Morgan fingerprint density at radius 3 is 2.46 bits per heavy atom. The van der Waals surface area contributed by atoms with Crippen LogP contribution in [0.25, 0.3) is 10.9 Å². The van der Waals surface area contributed by atoms with Gasteiger partial charge in [0.05, 0.1) is 16.6 Å². The molecule has 0 radical (unpaired) electrons. The molecule has 0 spiro atoms. The second kappa shape index (κ2) is 8.03. The van der Waals surface area contributed by atoms with Gasteiger partial charge in [0.15, 0.2) is 0 Å². The largest absolute Gasteiger partial charge is 0.306 e. The van der Waals surface area contributed by atoms with E-state index in [0.717, 1.165) is 29.7 Å². The van der Waals surface area contributed by atoms with Gasteiger partial charge in [-0.3, -0.25) is 19.6 Å². The van der Waals surface area contributed by atoms with Crippen LogP contribution in [0.1, 0.15) is 63.6 Å². The molecule has 3 heterocycles. The Bertz CT molecular complexity index is 880. The average molecular weight is 385 g/mol. The number of piperidine rings is 2. The third-order valence-electron chi connectivity index (χ3n) is 6.19. The van der Waals surface area contributed by atoms with Crippen LogP contribution in [0.4, 0.5) is 0 Å². The maximum Gasteiger partial charge on any atom is 0.238 e. The minimum atomic E-state index is -0.761. The smallest absolute Gasteiger partial charge is 0.238 e. The molecule has 28 heavy (non-hydrogen) atoms. The molecule has 1 N–H and O–H groups in total. The summed E-state index contributed by atoms with van der Waals surface area (Å²) in [4.78, 5) is 26.5. The third kappa shape index (κ3) is 3.58. The number of likely N-dealkylation sites (tertiary alicyclic amines) is 1. The van der Waals surface area contributed by atoms with Crippen LogP contribution < -0.4 is 5.32 Å². The van der Waals surface area contributed by atoms with Gasteiger partial charge >= 0.3 is 0 Å². The van der Waals surface area contributed by atoms with Gasteiger partial charge in [0.2, 0.25) is 11.8 Å². The molecule has 6 heteroatoms. The molecule has 4 rings (SSSR count). The van der Waals surface area contributed by atoms with Gasteiger partial charge in [-0.1, -0.05) is 26.0 Å². The Morgan fingerprint density at radius 1 is 1.14 bits per heavy atom. The molecule has 6 nitrogen and oxygen atoms in total.